The Morgan fingerprint density at radius 1 is 0.944 bits per heavy atom. The molecule has 4 rings (SSSR count). The van der Waals surface area contributed by atoms with Gasteiger partial charge in [-0.25, -0.2) is 9.59 Å². The average Bonchev–Trinajstić information content (AvgIpc) is 3.21. The summed E-state index contributed by atoms with van der Waals surface area (Å²) in [5.74, 6) is -1.04. The van der Waals surface area contributed by atoms with E-state index in [1.54, 1.807) is 6.92 Å². The minimum atomic E-state index is -0.899. The number of alkyl carbamates (subject to hydrolysis) is 1. The lowest BCUT2D eigenvalue weighted by Gasteiger charge is -2.25. The maximum Gasteiger partial charge on any atom is 0.407 e. The quantitative estimate of drug-likeness (QED) is 0.253. The largest absolute Gasteiger partial charge is 0.449 e. The predicted molar refractivity (Wildman–Crippen MR) is 147 cm³/mol. The van der Waals surface area contributed by atoms with Crippen LogP contribution < -0.4 is 5.32 Å². The first-order valence-corrected chi connectivity index (χ1v) is 14.7. The number of amides is 2. The molecule has 2 amide bonds. The Morgan fingerprint density at radius 3 is 2.14 bits per heavy atom. The van der Waals surface area contributed by atoms with Gasteiger partial charge in [-0.3, -0.25) is 4.79 Å². The van der Waals surface area contributed by atoms with E-state index < -0.39 is 24.0 Å². The van der Waals surface area contributed by atoms with Gasteiger partial charge in [0, 0.05) is 33.7 Å². The van der Waals surface area contributed by atoms with Gasteiger partial charge in [0.05, 0.1) is 0 Å². The first-order valence-electron chi connectivity index (χ1n) is 11.4. The normalized spacial score (nSPS) is 12.7. The maximum atomic E-state index is 13.1. The third-order valence-electron chi connectivity index (χ3n) is 6.02. The molecular weight excluding hydrogens is 591 g/mol. The third kappa shape index (κ3) is 6.19. The zero-order valence-electron chi connectivity index (χ0n) is 19.6. The molecule has 0 saturated carbocycles. The van der Waals surface area contributed by atoms with Gasteiger partial charge < -0.3 is 19.1 Å². The van der Waals surface area contributed by atoms with Crippen molar-refractivity contribution in [2.75, 3.05) is 13.2 Å². The zero-order valence-corrected chi connectivity index (χ0v) is 22.5. The summed E-state index contributed by atoms with van der Waals surface area (Å²) in [5.41, 5.74) is 5.35. The summed E-state index contributed by atoms with van der Waals surface area (Å²) in [6, 6.07) is 24.6. The van der Waals surface area contributed by atoms with Gasteiger partial charge in [-0.05, 0) is 34.7 Å². The smallest absolute Gasteiger partial charge is 0.407 e. The molecule has 36 heavy (non-hydrogen) atoms. The summed E-state index contributed by atoms with van der Waals surface area (Å²) in [4.78, 5) is 39.2. The fourth-order valence-corrected chi connectivity index (χ4v) is 5.11. The van der Waals surface area contributed by atoms with Crippen molar-refractivity contribution < 1.29 is 23.3 Å². The number of benzene rings is 3. The van der Waals surface area contributed by atoms with Crippen molar-refractivity contribution in [3.8, 4) is 11.1 Å². The minimum Gasteiger partial charge on any atom is -0.449 e. The Kier molecular flexibility index (Phi) is 8.87. The van der Waals surface area contributed by atoms with Crippen molar-refractivity contribution in [2.24, 2.45) is 0 Å². The Bertz CT molecular complexity index is 1190. The second kappa shape index (κ2) is 12.3. The SMILES string of the molecule is C[C@H](NC(=O)OCC1c2ccccc2-c2ccccc21)C(=O)N(CC(=O)OSI)Cc1ccccc1. The van der Waals surface area contributed by atoms with Gasteiger partial charge in [0.1, 0.15) is 28.4 Å². The molecule has 0 aromatic heterocycles. The van der Waals surface area contributed by atoms with Crippen LogP contribution in [0.1, 0.15) is 29.5 Å². The van der Waals surface area contributed by atoms with Crippen molar-refractivity contribution >= 4 is 48.4 Å². The fraction of sp³-hybridized carbons (Fsp3) is 0.222. The van der Waals surface area contributed by atoms with Crippen molar-refractivity contribution in [1.29, 1.82) is 0 Å². The first kappa shape index (κ1) is 26.0. The van der Waals surface area contributed by atoms with Crippen molar-refractivity contribution in [3.63, 3.8) is 0 Å². The number of halogens is 1. The second-order valence-electron chi connectivity index (χ2n) is 8.39. The molecule has 0 unspecified atom stereocenters. The number of rotatable bonds is 9. The summed E-state index contributed by atoms with van der Waals surface area (Å²) in [7, 11) is 0.890. The molecule has 9 heteroatoms. The monoisotopic (exact) mass is 616 g/mol. The number of nitrogens with zero attached hydrogens (tertiary/aromatic N) is 1. The van der Waals surface area contributed by atoms with E-state index in [9.17, 15) is 14.4 Å². The number of ether oxygens (including phenoxy) is 1. The van der Waals surface area contributed by atoms with E-state index in [1.807, 2.05) is 87.9 Å². The summed E-state index contributed by atoms with van der Waals surface area (Å²) in [6.07, 6.45) is -0.692. The molecule has 3 aromatic rings. The van der Waals surface area contributed by atoms with Crippen LogP contribution in [-0.2, 0) is 25.1 Å². The minimum absolute atomic E-state index is 0.0794. The maximum absolute atomic E-state index is 13.1. The second-order valence-corrected chi connectivity index (χ2v) is 9.76. The summed E-state index contributed by atoms with van der Waals surface area (Å²) < 4.78 is 10.5. The van der Waals surface area contributed by atoms with Crippen LogP contribution in [0.2, 0.25) is 0 Å². The molecule has 0 fully saturated rings. The Balaban J connectivity index is 1.39. The van der Waals surface area contributed by atoms with Gasteiger partial charge in [-0.2, -0.15) is 0 Å². The molecule has 7 nitrogen and oxygen atoms in total. The van der Waals surface area contributed by atoms with E-state index in [-0.39, 0.29) is 25.6 Å². The van der Waals surface area contributed by atoms with Gasteiger partial charge in [-0.15, -0.1) is 0 Å². The van der Waals surface area contributed by atoms with Crippen LogP contribution in [0.3, 0.4) is 0 Å². The molecule has 1 aliphatic carbocycles. The first-order chi connectivity index (χ1) is 17.5. The number of hydrogen-bond acceptors (Lipinski definition) is 6. The fourth-order valence-electron chi connectivity index (χ4n) is 4.39. The molecule has 0 bridgehead atoms. The van der Waals surface area contributed by atoms with Crippen LogP contribution in [-0.4, -0.2) is 42.1 Å². The van der Waals surface area contributed by atoms with Crippen LogP contribution in [0, 0.1) is 0 Å². The van der Waals surface area contributed by atoms with Gasteiger partial charge >= 0.3 is 12.1 Å². The topological polar surface area (TPSA) is 84.9 Å². The molecule has 1 aliphatic rings. The van der Waals surface area contributed by atoms with Crippen molar-refractivity contribution in [1.82, 2.24) is 10.2 Å². The lowest BCUT2D eigenvalue weighted by Crippen LogP contribution is -2.48. The number of fused-ring (bicyclic) bond motifs is 3. The van der Waals surface area contributed by atoms with Gasteiger partial charge in [-0.1, -0.05) is 78.9 Å². The summed E-state index contributed by atoms with van der Waals surface area (Å²) >= 11 is 1.84. The highest BCUT2D eigenvalue weighted by atomic mass is 127. The van der Waals surface area contributed by atoms with E-state index in [2.05, 4.69) is 17.4 Å². The van der Waals surface area contributed by atoms with Crippen molar-refractivity contribution in [3.05, 3.63) is 95.6 Å². The molecule has 0 radical (unpaired) electrons. The van der Waals surface area contributed by atoms with Gasteiger partial charge in [0.25, 0.3) is 0 Å². The summed E-state index contributed by atoms with van der Waals surface area (Å²) in [6.45, 7) is 1.69. The highest BCUT2D eigenvalue weighted by molar-refractivity contribution is 14.2. The Morgan fingerprint density at radius 2 is 1.53 bits per heavy atom. The van der Waals surface area contributed by atoms with Crippen LogP contribution in [0.4, 0.5) is 4.79 Å². The molecule has 0 saturated heterocycles. The van der Waals surface area contributed by atoms with E-state index in [4.69, 9.17) is 8.92 Å². The Hall–Kier alpha value is -3.05. The van der Waals surface area contributed by atoms with Crippen LogP contribution in [0.5, 0.6) is 0 Å². The Labute approximate surface area is 226 Å². The number of hydrogen-bond donors (Lipinski definition) is 1. The molecule has 0 heterocycles. The third-order valence-corrected chi connectivity index (χ3v) is 6.81. The molecule has 0 aliphatic heterocycles. The number of carbonyl (C=O) groups is 3. The van der Waals surface area contributed by atoms with Crippen molar-refractivity contribution in [2.45, 2.75) is 25.4 Å². The zero-order chi connectivity index (χ0) is 25.5. The van der Waals surface area contributed by atoms with E-state index in [0.29, 0.717) is 0 Å². The number of carbonyl (C=O) groups excluding carboxylic acids is 3. The predicted octanol–water partition coefficient (Wildman–Crippen LogP) is 5.48. The van der Waals surface area contributed by atoms with Gasteiger partial charge in [0.2, 0.25) is 5.91 Å². The average molecular weight is 616 g/mol. The molecule has 0 spiro atoms. The van der Waals surface area contributed by atoms with Gasteiger partial charge in [0.15, 0.2) is 0 Å². The van der Waals surface area contributed by atoms with Crippen LogP contribution in [0.15, 0.2) is 78.9 Å². The molecule has 1 atom stereocenters. The lowest BCUT2D eigenvalue weighted by atomic mass is 9.98. The highest BCUT2D eigenvalue weighted by Crippen LogP contribution is 2.44. The molecule has 3 aromatic carbocycles. The lowest BCUT2D eigenvalue weighted by molar-refractivity contribution is -0.143. The highest BCUT2D eigenvalue weighted by Gasteiger charge is 2.30. The molecule has 186 valence electrons. The van der Waals surface area contributed by atoms with E-state index in [0.717, 1.165) is 37.0 Å². The number of nitrogens with one attached hydrogen (secondary N) is 1. The van der Waals surface area contributed by atoms with Crippen LogP contribution in [0.25, 0.3) is 11.1 Å². The van der Waals surface area contributed by atoms with E-state index in [1.165, 1.54) is 4.90 Å². The molecule has 1 N–H and O–H groups in total. The summed E-state index contributed by atoms with van der Waals surface area (Å²) in [5, 5.41) is 2.61. The molecular formula is C27H25IN2O5S. The standard InChI is InChI=1S/C27H25IN2O5S/c1-18(26(32)30(16-25(31)35-36-28)15-19-9-3-2-4-10-19)29-27(33)34-17-24-22-13-7-5-11-20(22)21-12-6-8-14-23(21)24/h2-14,18,24H,15-17H2,1H3,(H,29,33)/t18-/m0/s1. The van der Waals surface area contributed by atoms with E-state index >= 15 is 0 Å². The van der Waals surface area contributed by atoms with Crippen LogP contribution >= 0.6 is 30.4 Å².